The summed E-state index contributed by atoms with van der Waals surface area (Å²) in [7, 11) is 0. The third kappa shape index (κ3) is 4.68. The molecule has 3 aromatic rings. The molecule has 0 bridgehead atoms. The van der Waals surface area contributed by atoms with Crippen LogP contribution in [0.2, 0.25) is 0 Å². The number of aryl methyl sites for hydroxylation is 2. The molecule has 0 spiro atoms. The number of carbonyl (C=O) groups excluding carboxylic acids is 2. The SMILES string of the molecule is Cc1ncc(C(=O)Nc2cc(C(=O)Nc3ccnc(CC4CC4)n3)c(F)cc2C)s1. The quantitative estimate of drug-likeness (QED) is 0.619. The molecule has 2 N–H and O–H groups in total. The number of thiazole rings is 1. The van der Waals surface area contributed by atoms with Crippen molar-refractivity contribution >= 4 is 34.7 Å². The summed E-state index contributed by atoms with van der Waals surface area (Å²) in [5.74, 6) is -0.0957. The molecule has 0 radical (unpaired) electrons. The van der Waals surface area contributed by atoms with Crippen molar-refractivity contribution in [3.05, 3.63) is 63.2 Å². The second kappa shape index (κ2) is 8.27. The fourth-order valence-corrected chi connectivity index (χ4v) is 3.64. The first-order valence-electron chi connectivity index (χ1n) is 9.56. The molecular formula is C21H20FN5O2S. The summed E-state index contributed by atoms with van der Waals surface area (Å²) in [4.78, 5) is 38.1. The van der Waals surface area contributed by atoms with Gasteiger partial charge in [-0.3, -0.25) is 9.59 Å². The van der Waals surface area contributed by atoms with E-state index in [-0.39, 0.29) is 11.5 Å². The van der Waals surface area contributed by atoms with E-state index in [1.165, 1.54) is 42.5 Å². The lowest BCUT2D eigenvalue weighted by Gasteiger charge is -2.12. The molecule has 7 nitrogen and oxygen atoms in total. The molecule has 2 aromatic heterocycles. The average molecular weight is 425 g/mol. The molecule has 9 heteroatoms. The van der Waals surface area contributed by atoms with Gasteiger partial charge < -0.3 is 10.6 Å². The van der Waals surface area contributed by atoms with Gasteiger partial charge >= 0.3 is 0 Å². The Morgan fingerprint density at radius 3 is 2.67 bits per heavy atom. The Balaban J connectivity index is 1.52. The van der Waals surface area contributed by atoms with Crippen LogP contribution in [0.4, 0.5) is 15.9 Å². The van der Waals surface area contributed by atoms with E-state index in [1.807, 2.05) is 0 Å². The first-order valence-corrected chi connectivity index (χ1v) is 10.4. The summed E-state index contributed by atoms with van der Waals surface area (Å²) in [6.07, 6.45) is 6.18. The lowest BCUT2D eigenvalue weighted by atomic mass is 10.1. The number of anilines is 2. The predicted octanol–water partition coefficient (Wildman–Crippen LogP) is 4.15. The number of nitrogens with one attached hydrogen (secondary N) is 2. The predicted molar refractivity (Wildman–Crippen MR) is 112 cm³/mol. The smallest absolute Gasteiger partial charge is 0.267 e. The highest BCUT2D eigenvalue weighted by atomic mass is 32.1. The van der Waals surface area contributed by atoms with Gasteiger partial charge in [0.05, 0.1) is 16.8 Å². The Morgan fingerprint density at radius 1 is 1.17 bits per heavy atom. The van der Waals surface area contributed by atoms with E-state index in [0.29, 0.717) is 33.7 Å². The van der Waals surface area contributed by atoms with Crippen LogP contribution in [0.1, 0.15) is 49.3 Å². The molecule has 154 valence electrons. The van der Waals surface area contributed by atoms with Crippen LogP contribution in [0.25, 0.3) is 0 Å². The van der Waals surface area contributed by atoms with Crippen molar-refractivity contribution in [3.63, 3.8) is 0 Å². The molecule has 0 atom stereocenters. The number of hydrogen-bond donors (Lipinski definition) is 2. The van der Waals surface area contributed by atoms with Crippen LogP contribution in [0.3, 0.4) is 0 Å². The summed E-state index contributed by atoms with van der Waals surface area (Å²) in [6.45, 7) is 3.46. The van der Waals surface area contributed by atoms with Gasteiger partial charge in [-0.15, -0.1) is 11.3 Å². The molecule has 1 saturated carbocycles. The van der Waals surface area contributed by atoms with Gasteiger partial charge in [-0.1, -0.05) is 0 Å². The molecule has 0 unspecified atom stereocenters. The second-order valence-electron chi connectivity index (χ2n) is 7.30. The number of rotatable bonds is 6. The van der Waals surface area contributed by atoms with Crippen LogP contribution in [0.15, 0.2) is 30.6 Å². The minimum Gasteiger partial charge on any atom is -0.321 e. The second-order valence-corrected chi connectivity index (χ2v) is 8.54. The Hall–Kier alpha value is -3.20. The van der Waals surface area contributed by atoms with Crippen molar-refractivity contribution in [1.29, 1.82) is 0 Å². The van der Waals surface area contributed by atoms with Gasteiger partial charge in [0.1, 0.15) is 22.3 Å². The lowest BCUT2D eigenvalue weighted by Crippen LogP contribution is -2.17. The number of nitrogens with zero attached hydrogens (tertiary/aromatic N) is 3. The summed E-state index contributed by atoms with van der Waals surface area (Å²) in [6, 6.07) is 4.12. The normalized spacial score (nSPS) is 13.2. The third-order valence-electron chi connectivity index (χ3n) is 4.77. The number of hydrogen-bond acceptors (Lipinski definition) is 6. The van der Waals surface area contributed by atoms with Gasteiger partial charge in [0.2, 0.25) is 0 Å². The molecule has 1 aromatic carbocycles. The van der Waals surface area contributed by atoms with E-state index >= 15 is 0 Å². The highest BCUT2D eigenvalue weighted by Crippen LogP contribution is 2.31. The van der Waals surface area contributed by atoms with Gasteiger partial charge in [-0.05, 0) is 56.4 Å². The van der Waals surface area contributed by atoms with Gasteiger partial charge in [0.25, 0.3) is 11.8 Å². The van der Waals surface area contributed by atoms with Crippen molar-refractivity contribution in [2.75, 3.05) is 10.6 Å². The Labute approximate surface area is 176 Å². The van der Waals surface area contributed by atoms with Crippen LogP contribution >= 0.6 is 11.3 Å². The molecule has 1 aliphatic rings. The first-order chi connectivity index (χ1) is 14.4. The molecule has 2 heterocycles. The van der Waals surface area contributed by atoms with E-state index in [4.69, 9.17) is 0 Å². The number of carbonyl (C=O) groups is 2. The monoisotopic (exact) mass is 425 g/mol. The molecule has 4 rings (SSSR count). The van der Waals surface area contributed by atoms with Crippen LogP contribution in [0.5, 0.6) is 0 Å². The maximum atomic E-state index is 14.5. The van der Waals surface area contributed by atoms with Crippen LogP contribution in [-0.4, -0.2) is 26.8 Å². The van der Waals surface area contributed by atoms with Crippen molar-refractivity contribution in [2.24, 2.45) is 5.92 Å². The molecule has 1 aliphatic carbocycles. The Kier molecular flexibility index (Phi) is 5.54. The van der Waals surface area contributed by atoms with Crippen molar-refractivity contribution in [2.45, 2.75) is 33.1 Å². The van der Waals surface area contributed by atoms with E-state index < -0.39 is 11.7 Å². The molecule has 30 heavy (non-hydrogen) atoms. The number of amides is 2. The van der Waals surface area contributed by atoms with Gasteiger partial charge in [0.15, 0.2) is 0 Å². The zero-order valence-electron chi connectivity index (χ0n) is 16.5. The van der Waals surface area contributed by atoms with Crippen LogP contribution < -0.4 is 10.6 Å². The standard InChI is InChI=1S/C21H20FN5O2S/c1-11-7-15(22)14(9-16(11)25-21(29)17-10-24-12(2)30-17)20(28)27-18-5-6-23-19(26-18)8-13-3-4-13/h5-7,9-10,13H,3-4,8H2,1-2H3,(H,25,29)(H,23,26,27,28). The summed E-state index contributed by atoms with van der Waals surface area (Å²) < 4.78 is 14.5. The Morgan fingerprint density at radius 2 is 1.97 bits per heavy atom. The van der Waals surface area contributed by atoms with Gasteiger partial charge in [-0.2, -0.15) is 0 Å². The summed E-state index contributed by atoms with van der Waals surface area (Å²) in [5.41, 5.74) is 0.681. The van der Waals surface area contributed by atoms with Crippen molar-refractivity contribution in [3.8, 4) is 0 Å². The highest BCUT2D eigenvalue weighted by Gasteiger charge is 2.23. The number of aromatic nitrogens is 3. The summed E-state index contributed by atoms with van der Waals surface area (Å²) in [5, 5.41) is 6.11. The van der Waals surface area contributed by atoms with Crippen molar-refractivity contribution < 1.29 is 14.0 Å². The molecule has 2 amide bonds. The topological polar surface area (TPSA) is 96.9 Å². The largest absolute Gasteiger partial charge is 0.321 e. The van der Waals surface area contributed by atoms with E-state index in [0.717, 1.165) is 11.4 Å². The maximum Gasteiger partial charge on any atom is 0.267 e. The fraction of sp³-hybridized carbons (Fsp3) is 0.286. The zero-order valence-corrected chi connectivity index (χ0v) is 17.3. The van der Waals surface area contributed by atoms with Gasteiger partial charge in [-0.25, -0.2) is 19.3 Å². The molecular weight excluding hydrogens is 405 g/mol. The molecule has 0 saturated heterocycles. The fourth-order valence-electron chi connectivity index (χ4n) is 2.96. The number of benzene rings is 1. The Bertz CT molecular complexity index is 1130. The third-order valence-corrected chi connectivity index (χ3v) is 5.68. The summed E-state index contributed by atoms with van der Waals surface area (Å²) >= 11 is 1.26. The van der Waals surface area contributed by atoms with Crippen LogP contribution in [-0.2, 0) is 6.42 Å². The molecule has 0 aliphatic heterocycles. The zero-order chi connectivity index (χ0) is 21.3. The van der Waals surface area contributed by atoms with Gasteiger partial charge in [0, 0.05) is 18.3 Å². The lowest BCUT2D eigenvalue weighted by molar-refractivity contribution is 0.101. The number of halogens is 1. The van der Waals surface area contributed by atoms with E-state index in [9.17, 15) is 14.0 Å². The van der Waals surface area contributed by atoms with E-state index in [1.54, 1.807) is 26.1 Å². The highest BCUT2D eigenvalue weighted by molar-refractivity contribution is 7.13. The maximum absolute atomic E-state index is 14.5. The average Bonchev–Trinajstić information content (AvgIpc) is 3.40. The molecule has 1 fully saturated rings. The van der Waals surface area contributed by atoms with Crippen molar-refractivity contribution in [1.82, 2.24) is 15.0 Å². The van der Waals surface area contributed by atoms with E-state index in [2.05, 4.69) is 25.6 Å². The first kappa shape index (κ1) is 20.1. The minimum absolute atomic E-state index is 0.182. The minimum atomic E-state index is -0.677. The van der Waals surface area contributed by atoms with Crippen LogP contribution in [0, 0.1) is 25.6 Å².